The molecule has 0 bridgehead atoms. The standard InChI is InChI=1S/C12H19FN2O3S/c1-12(2,4-3-5-16)9-15-19(17,18)11-6-10(13)7-14-8-11/h6-8,15-16H,3-5,9H2,1-2H3. The highest BCUT2D eigenvalue weighted by Gasteiger charge is 2.22. The number of aliphatic hydroxyl groups excluding tert-OH is 1. The molecule has 0 atom stereocenters. The summed E-state index contributed by atoms with van der Waals surface area (Å²) in [5.41, 5.74) is -0.281. The largest absolute Gasteiger partial charge is 0.396 e. The van der Waals surface area contributed by atoms with Crippen LogP contribution in [0.2, 0.25) is 0 Å². The van der Waals surface area contributed by atoms with E-state index in [2.05, 4.69) is 9.71 Å². The van der Waals surface area contributed by atoms with E-state index in [1.54, 1.807) is 0 Å². The molecule has 1 heterocycles. The molecule has 0 aliphatic carbocycles. The molecule has 0 aromatic carbocycles. The second-order valence-corrected chi connectivity index (χ2v) is 6.92. The Bertz CT molecular complexity index is 517. The zero-order chi connectivity index (χ0) is 14.5. The highest BCUT2D eigenvalue weighted by Crippen LogP contribution is 2.21. The second-order valence-electron chi connectivity index (χ2n) is 5.15. The van der Waals surface area contributed by atoms with E-state index in [0.717, 1.165) is 18.5 Å². The van der Waals surface area contributed by atoms with Gasteiger partial charge in [-0.15, -0.1) is 0 Å². The first kappa shape index (κ1) is 16.0. The summed E-state index contributed by atoms with van der Waals surface area (Å²) in [6, 6.07) is 0.927. The molecule has 19 heavy (non-hydrogen) atoms. The predicted molar refractivity (Wildman–Crippen MR) is 69.5 cm³/mol. The molecule has 5 nitrogen and oxygen atoms in total. The zero-order valence-corrected chi connectivity index (χ0v) is 11.9. The van der Waals surface area contributed by atoms with Gasteiger partial charge in [-0.05, 0) is 24.3 Å². The molecule has 1 rings (SSSR count). The molecule has 0 aliphatic rings. The molecule has 0 aliphatic heterocycles. The van der Waals surface area contributed by atoms with E-state index in [-0.39, 0.29) is 23.5 Å². The lowest BCUT2D eigenvalue weighted by molar-refractivity contribution is 0.242. The fourth-order valence-corrected chi connectivity index (χ4v) is 2.77. The average Bonchev–Trinajstić information content (AvgIpc) is 2.34. The van der Waals surface area contributed by atoms with Crippen molar-refractivity contribution in [3.8, 4) is 0 Å². The number of halogens is 1. The number of nitrogens with one attached hydrogen (secondary N) is 1. The molecule has 0 saturated heterocycles. The lowest BCUT2D eigenvalue weighted by atomic mass is 9.88. The van der Waals surface area contributed by atoms with Gasteiger partial charge < -0.3 is 5.11 Å². The van der Waals surface area contributed by atoms with Crippen LogP contribution in [0.25, 0.3) is 0 Å². The third kappa shape index (κ3) is 5.22. The number of aromatic nitrogens is 1. The SMILES string of the molecule is CC(C)(CCCO)CNS(=O)(=O)c1cncc(F)c1. The Balaban J connectivity index is 2.71. The number of hydrogen-bond donors (Lipinski definition) is 2. The van der Waals surface area contributed by atoms with Crippen LogP contribution in [-0.4, -0.2) is 31.7 Å². The molecule has 2 N–H and O–H groups in total. The van der Waals surface area contributed by atoms with Crippen molar-refractivity contribution in [2.24, 2.45) is 5.41 Å². The Labute approximate surface area is 112 Å². The van der Waals surface area contributed by atoms with Crippen LogP contribution in [0.4, 0.5) is 4.39 Å². The molecule has 108 valence electrons. The van der Waals surface area contributed by atoms with Gasteiger partial charge in [0.05, 0.1) is 6.20 Å². The first-order valence-corrected chi connectivity index (χ1v) is 7.46. The normalized spacial score (nSPS) is 12.6. The predicted octanol–water partition coefficient (Wildman–Crippen LogP) is 1.30. The topological polar surface area (TPSA) is 79.3 Å². The van der Waals surface area contributed by atoms with Crippen LogP contribution in [0.1, 0.15) is 26.7 Å². The van der Waals surface area contributed by atoms with Crippen molar-refractivity contribution in [2.45, 2.75) is 31.6 Å². The maximum atomic E-state index is 13.0. The minimum absolute atomic E-state index is 0.0734. The molecular weight excluding hydrogens is 271 g/mol. The van der Waals surface area contributed by atoms with Crippen LogP contribution in [-0.2, 0) is 10.0 Å². The van der Waals surface area contributed by atoms with E-state index < -0.39 is 15.8 Å². The minimum atomic E-state index is -3.76. The zero-order valence-electron chi connectivity index (χ0n) is 11.1. The quantitative estimate of drug-likeness (QED) is 0.793. The van der Waals surface area contributed by atoms with Crippen molar-refractivity contribution < 1.29 is 17.9 Å². The Morgan fingerprint density at radius 2 is 2.11 bits per heavy atom. The van der Waals surface area contributed by atoms with Crippen molar-refractivity contribution in [1.29, 1.82) is 0 Å². The van der Waals surface area contributed by atoms with Crippen LogP contribution in [0.5, 0.6) is 0 Å². The molecular formula is C12H19FN2O3S. The van der Waals surface area contributed by atoms with Crippen molar-refractivity contribution in [2.75, 3.05) is 13.2 Å². The van der Waals surface area contributed by atoms with Crippen molar-refractivity contribution in [1.82, 2.24) is 9.71 Å². The molecule has 0 radical (unpaired) electrons. The highest BCUT2D eigenvalue weighted by molar-refractivity contribution is 7.89. The minimum Gasteiger partial charge on any atom is -0.396 e. The Hall–Kier alpha value is -1.05. The van der Waals surface area contributed by atoms with Gasteiger partial charge in [-0.3, -0.25) is 4.98 Å². The number of hydrogen-bond acceptors (Lipinski definition) is 4. The van der Waals surface area contributed by atoms with E-state index in [1.165, 1.54) is 0 Å². The summed E-state index contributed by atoms with van der Waals surface area (Å²) >= 11 is 0. The van der Waals surface area contributed by atoms with Crippen LogP contribution in [0, 0.1) is 11.2 Å². The summed E-state index contributed by atoms with van der Waals surface area (Å²) < 4.78 is 39.3. The molecule has 0 fully saturated rings. The van der Waals surface area contributed by atoms with Gasteiger partial charge >= 0.3 is 0 Å². The Morgan fingerprint density at radius 1 is 1.42 bits per heavy atom. The average molecular weight is 290 g/mol. The second kappa shape index (κ2) is 6.40. The number of sulfonamides is 1. The van der Waals surface area contributed by atoms with E-state index in [4.69, 9.17) is 5.11 Å². The van der Waals surface area contributed by atoms with Gasteiger partial charge in [0, 0.05) is 19.3 Å². The summed E-state index contributed by atoms with van der Waals surface area (Å²) in [6.07, 6.45) is 3.35. The van der Waals surface area contributed by atoms with Crippen molar-refractivity contribution in [3.05, 3.63) is 24.3 Å². The van der Waals surface area contributed by atoms with Gasteiger partial charge in [0.1, 0.15) is 10.7 Å². The first-order chi connectivity index (χ1) is 8.77. The third-order valence-electron chi connectivity index (χ3n) is 2.74. The van der Waals surface area contributed by atoms with Crippen molar-refractivity contribution >= 4 is 10.0 Å². The summed E-state index contributed by atoms with van der Waals surface area (Å²) in [7, 11) is -3.76. The molecule has 1 aromatic rings. The van der Waals surface area contributed by atoms with Crippen LogP contribution in [0.3, 0.4) is 0 Å². The summed E-state index contributed by atoms with van der Waals surface area (Å²) in [5, 5.41) is 8.78. The summed E-state index contributed by atoms with van der Waals surface area (Å²) in [6.45, 7) is 4.08. The van der Waals surface area contributed by atoms with Gasteiger partial charge in [0.15, 0.2) is 0 Å². The van der Waals surface area contributed by atoms with Gasteiger partial charge in [0.25, 0.3) is 0 Å². The van der Waals surface area contributed by atoms with Gasteiger partial charge in [-0.25, -0.2) is 17.5 Å². The molecule has 0 amide bonds. The van der Waals surface area contributed by atoms with Gasteiger partial charge in [-0.2, -0.15) is 0 Å². The number of pyridine rings is 1. The molecule has 0 spiro atoms. The molecule has 1 aromatic heterocycles. The molecule has 7 heteroatoms. The fraction of sp³-hybridized carbons (Fsp3) is 0.583. The smallest absolute Gasteiger partial charge is 0.242 e. The lowest BCUT2D eigenvalue weighted by Crippen LogP contribution is -2.34. The fourth-order valence-electron chi connectivity index (χ4n) is 1.56. The number of rotatable bonds is 7. The summed E-state index contributed by atoms with van der Waals surface area (Å²) in [4.78, 5) is 3.33. The monoisotopic (exact) mass is 290 g/mol. The molecule has 0 unspecified atom stereocenters. The third-order valence-corrected chi connectivity index (χ3v) is 4.11. The van der Waals surface area contributed by atoms with E-state index >= 15 is 0 Å². The summed E-state index contributed by atoms with van der Waals surface area (Å²) in [5.74, 6) is -0.692. The Kier molecular flexibility index (Phi) is 5.39. The van der Waals surface area contributed by atoms with E-state index in [1.807, 2.05) is 13.8 Å². The van der Waals surface area contributed by atoms with E-state index in [9.17, 15) is 12.8 Å². The highest BCUT2D eigenvalue weighted by atomic mass is 32.2. The van der Waals surface area contributed by atoms with Crippen molar-refractivity contribution in [3.63, 3.8) is 0 Å². The maximum Gasteiger partial charge on any atom is 0.242 e. The van der Waals surface area contributed by atoms with Gasteiger partial charge in [-0.1, -0.05) is 13.8 Å². The van der Waals surface area contributed by atoms with E-state index in [0.29, 0.717) is 12.8 Å². The lowest BCUT2D eigenvalue weighted by Gasteiger charge is -2.24. The number of nitrogens with zero attached hydrogens (tertiary/aromatic N) is 1. The van der Waals surface area contributed by atoms with Crippen LogP contribution in [0.15, 0.2) is 23.4 Å². The molecule has 0 saturated carbocycles. The van der Waals surface area contributed by atoms with Crippen LogP contribution < -0.4 is 4.72 Å². The Morgan fingerprint density at radius 3 is 2.68 bits per heavy atom. The van der Waals surface area contributed by atoms with Gasteiger partial charge in [0.2, 0.25) is 10.0 Å². The first-order valence-electron chi connectivity index (χ1n) is 5.98. The maximum absolute atomic E-state index is 13.0. The number of aliphatic hydroxyl groups is 1. The van der Waals surface area contributed by atoms with Crippen LogP contribution >= 0.6 is 0 Å².